The van der Waals surface area contributed by atoms with Crippen LogP contribution in [0.15, 0.2) is 24.3 Å². The Hall–Kier alpha value is -1.96. The van der Waals surface area contributed by atoms with Gasteiger partial charge in [-0.2, -0.15) is 0 Å². The monoisotopic (exact) mass is 326 g/mol. The lowest BCUT2D eigenvalue weighted by Crippen LogP contribution is -1.99. The zero-order chi connectivity index (χ0) is 17.7. The second kappa shape index (κ2) is 8.23. The fourth-order valence-corrected chi connectivity index (χ4v) is 3.44. The van der Waals surface area contributed by atoms with Crippen LogP contribution >= 0.6 is 0 Å². The zero-order valence-electron chi connectivity index (χ0n) is 15.4. The molecule has 2 aromatic rings. The Balaban J connectivity index is 2.25. The van der Waals surface area contributed by atoms with Crippen molar-refractivity contribution in [3.63, 3.8) is 0 Å². The highest BCUT2D eigenvalue weighted by molar-refractivity contribution is 5.46. The Bertz CT molecular complexity index is 640. The van der Waals surface area contributed by atoms with Crippen LogP contribution in [0.3, 0.4) is 0 Å². The molecule has 2 aromatic carbocycles. The molecule has 130 valence electrons. The van der Waals surface area contributed by atoms with Gasteiger partial charge in [0, 0.05) is 0 Å². The number of hydrogen-bond donors (Lipinski definition) is 2. The highest BCUT2D eigenvalue weighted by Gasteiger charge is 2.12. The molecule has 2 rings (SSSR count). The van der Waals surface area contributed by atoms with Crippen LogP contribution in [-0.4, -0.2) is 10.2 Å². The van der Waals surface area contributed by atoms with Gasteiger partial charge in [0.2, 0.25) is 0 Å². The van der Waals surface area contributed by atoms with Crippen LogP contribution in [0.25, 0.3) is 0 Å². The number of hydrogen-bond acceptors (Lipinski definition) is 2. The Morgan fingerprint density at radius 3 is 1.17 bits per heavy atom. The van der Waals surface area contributed by atoms with Gasteiger partial charge in [-0.25, -0.2) is 0 Å². The molecule has 0 heterocycles. The van der Waals surface area contributed by atoms with Gasteiger partial charge in [0.15, 0.2) is 0 Å². The van der Waals surface area contributed by atoms with E-state index in [9.17, 15) is 10.2 Å². The lowest BCUT2D eigenvalue weighted by atomic mass is 9.94. The molecule has 0 saturated carbocycles. The lowest BCUT2D eigenvalue weighted by molar-refractivity contribution is 0.454. The van der Waals surface area contributed by atoms with Crippen molar-refractivity contribution in [2.45, 2.75) is 66.2 Å². The first-order valence-corrected chi connectivity index (χ1v) is 9.09. The molecule has 0 atom stereocenters. The molecule has 24 heavy (non-hydrogen) atoms. The summed E-state index contributed by atoms with van der Waals surface area (Å²) >= 11 is 0. The predicted octanol–water partition coefficient (Wildman–Crippen LogP) is 5.40. The lowest BCUT2D eigenvalue weighted by Gasteiger charge is -2.14. The third kappa shape index (κ3) is 4.31. The van der Waals surface area contributed by atoms with Crippen molar-refractivity contribution < 1.29 is 10.2 Å². The van der Waals surface area contributed by atoms with Gasteiger partial charge < -0.3 is 10.2 Å². The van der Waals surface area contributed by atoms with Crippen LogP contribution in [0.2, 0.25) is 0 Å². The quantitative estimate of drug-likeness (QED) is 0.714. The summed E-state index contributed by atoms with van der Waals surface area (Å²) in [6, 6.07) is 8.28. The second-order valence-corrected chi connectivity index (χ2v) is 6.86. The smallest absolute Gasteiger partial charge is 0.121 e. The van der Waals surface area contributed by atoms with Gasteiger partial charge >= 0.3 is 0 Å². The molecule has 0 saturated heterocycles. The van der Waals surface area contributed by atoms with Crippen molar-refractivity contribution >= 4 is 0 Å². The number of aryl methyl sites for hydroxylation is 6. The topological polar surface area (TPSA) is 40.5 Å². The Kier molecular flexibility index (Phi) is 6.30. The van der Waals surface area contributed by atoms with E-state index in [0.29, 0.717) is 11.5 Å². The molecule has 2 heteroatoms. The maximum Gasteiger partial charge on any atom is 0.121 e. The largest absolute Gasteiger partial charge is 0.507 e. The molecule has 0 fully saturated rings. The molecule has 0 unspecified atom stereocenters. The van der Waals surface area contributed by atoms with E-state index >= 15 is 0 Å². The first-order valence-electron chi connectivity index (χ1n) is 9.09. The molecule has 0 aromatic heterocycles. The van der Waals surface area contributed by atoms with Crippen LogP contribution in [0.1, 0.15) is 60.1 Å². The van der Waals surface area contributed by atoms with Crippen LogP contribution in [0.4, 0.5) is 0 Å². The maximum atomic E-state index is 10.5. The van der Waals surface area contributed by atoms with Gasteiger partial charge in [-0.3, -0.25) is 0 Å². The van der Waals surface area contributed by atoms with Gasteiger partial charge in [0.1, 0.15) is 11.5 Å². The maximum absolute atomic E-state index is 10.5. The van der Waals surface area contributed by atoms with E-state index < -0.39 is 0 Å². The molecule has 0 radical (unpaired) electrons. The molecule has 0 aliphatic rings. The minimum absolute atomic E-state index is 0.434. The Morgan fingerprint density at radius 1 is 0.583 bits per heavy atom. The predicted molar refractivity (Wildman–Crippen MR) is 101 cm³/mol. The first-order chi connectivity index (χ1) is 11.5. The summed E-state index contributed by atoms with van der Waals surface area (Å²) < 4.78 is 0. The molecule has 2 N–H and O–H groups in total. The van der Waals surface area contributed by atoms with Crippen molar-refractivity contribution in [3.8, 4) is 11.5 Å². The number of phenols is 2. The molecular formula is C22H30O2. The fraction of sp³-hybridized carbons (Fsp3) is 0.455. The summed E-state index contributed by atoms with van der Waals surface area (Å²) in [5.74, 6) is 0.867. The molecule has 0 spiro atoms. The highest BCUT2D eigenvalue weighted by atomic mass is 16.3. The van der Waals surface area contributed by atoms with Crippen molar-refractivity contribution in [1.29, 1.82) is 0 Å². The van der Waals surface area contributed by atoms with E-state index in [-0.39, 0.29) is 0 Å². The molecule has 0 amide bonds. The summed E-state index contributed by atoms with van der Waals surface area (Å²) in [6.07, 6.45) is 5.33. The third-order valence-electron chi connectivity index (χ3n) is 4.53. The Labute approximate surface area is 146 Å². The van der Waals surface area contributed by atoms with E-state index in [4.69, 9.17) is 0 Å². The third-order valence-corrected chi connectivity index (χ3v) is 4.53. The van der Waals surface area contributed by atoms with E-state index in [1.165, 1.54) is 11.1 Å². The van der Waals surface area contributed by atoms with Gasteiger partial charge in [0.05, 0.1) is 0 Å². The van der Waals surface area contributed by atoms with Crippen LogP contribution < -0.4 is 0 Å². The van der Waals surface area contributed by atoms with Crippen molar-refractivity contribution in [1.82, 2.24) is 0 Å². The van der Waals surface area contributed by atoms with Crippen LogP contribution in [0, 0.1) is 13.8 Å². The summed E-state index contributed by atoms with van der Waals surface area (Å²) in [5, 5.41) is 21.0. The standard InChI is InChI=1S/C22H30O2/c1-5-7-17-11-15(3)13-19(21(17)23)9-10-20-14-16(4)12-18(8-6-2)22(20)24/h11-14,23-24H,5-10H2,1-4H3. The molecule has 2 nitrogen and oxygen atoms in total. The SMILES string of the molecule is CCCc1cc(C)cc(CCc2cc(C)cc(CCC)c2O)c1O. The van der Waals surface area contributed by atoms with E-state index in [1.807, 2.05) is 0 Å². The van der Waals surface area contributed by atoms with E-state index in [2.05, 4.69) is 52.0 Å². The summed E-state index contributed by atoms with van der Waals surface area (Å²) in [4.78, 5) is 0. The fourth-order valence-electron chi connectivity index (χ4n) is 3.44. The number of phenolic OH excluding ortho intramolecular Hbond substituents is 2. The summed E-state index contributed by atoms with van der Waals surface area (Å²) in [6.45, 7) is 8.40. The summed E-state index contributed by atoms with van der Waals surface area (Å²) in [7, 11) is 0. The average Bonchev–Trinajstić information content (AvgIpc) is 2.53. The van der Waals surface area contributed by atoms with E-state index in [0.717, 1.165) is 60.8 Å². The second-order valence-electron chi connectivity index (χ2n) is 6.86. The molecule has 0 aliphatic carbocycles. The normalized spacial score (nSPS) is 11.0. The average molecular weight is 326 g/mol. The van der Waals surface area contributed by atoms with Gasteiger partial charge in [-0.15, -0.1) is 0 Å². The molecule has 0 bridgehead atoms. The zero-order valence-corrected chi connectivity index (χ0v) is 15.4. The summed E-state index contributed by atoms with van der Waals surface area (Å²) in [5.41, 5.74) is 6.41. The minimum atomic E-state index is 0.434. The van der Waals surface area contributed by atoms with E-state index in [1.54, 1.807) is 0 Å². The molecular weight excluding hydrogens is 296 g/mol. The van der Waals surface area contributed by atoms with Gasteiger partial charge in [0.25, 0.3) is 0 Å². The van der Waals surface area contributed by atoms with Crippen molar-refractivity contribution in [3.05, 3.63) is 57.6 Å². The highest BCUT2D eigenvalue weighted by Crippen LogP contribution is 2.30. The number of rotatable bonds is 7. The van der Waals surface area contributed by atoms with Crippen LogP contribution in [-0.2, 0) is 25.7 Å². The number of benzene rings is 2. The minimum Gasteiger partial charge on any atom is -0.507 e. The van der Waals surface area contributed by atoms with Crippen molar-refractivity contribution in [2.75, 3.05) is 0 Å². The van der Waals surface area contributed by atoms with Crippen molar-refractivity contribution in [2.24, 2.45) is 0 Å². The first kappa shape index (κ1) is 18.4. The van der Waals surface area contributed by atoms with Gasteiger partial charge in [-0.05, 0) is 61.8 Å². The van der Waals surface area contributed by atoms with Gasteiger partial charge in [-0.1, -0.05) is 62.1 Å². The Morgan fingerprint density at radius 2 is 0.875 bits per heavy atom. The number of aromatic hydroxyl groups is 2. The molecule has 0 aliphatic heterocycles. The van der Waals surface area contributed by atoms with Crippen LogP contribution in [0.5, 0.6) is 11.5 Å².